The van der Waals surface area contributed by atoms with Crippen LogP contribution in [0.5, 0.6) is 0 Å². The zero-order valence-electron chi connectivity index (χ0n) is 12.7. The summed E-state index contributed by atoms with van der Waals surface area (Å²) in [7, 11) is 0. The van der Waals surface area contributed by atoms with Crippen molar-refractivity contribution in [3.8, 4) is 12.3 Å². The molecule has 116 valence electrons. The quantitative estimate of drug-likeness (QED) is 0.691. The predicted molar refractivity (Wildman–Crippen MR) is 83.5 cm³/mol. The third-order valence-electron chi connectivity index (χ3n) is 2.88. The number of fused-ring (bicyclic) bond motifs is 1. The summed E-state index contributed by atoms with van der Waals surface area (Å²) < 4.78 is 1.67. The van der Waals surface area contributed by atoms with E-state index in [1.807, 2.05) is 20.8 Å². The van der Waals surface area contributed by atoms with Gasteiger partial charge in [0.15, 0.2) is 5.65 Å². The second-order valence-corrected chi connectivity index (χ2v) is 5.71. The van der Waals surface area contributed by atoms with Crippen molar-refractivity contribution >= 4 is 22.9 Å². The molecular formula is C14H18N6O2. The number of hydrogen-bond acceptors (Lipinski definition) is 5. The Bertz CT molecular complexity index is 790. The first-order chi connectivity index (χ1) is 10.3. The molecule has 2 aromatic heterocycles. The lowest BCUT2D eigenvalue weighted by molar-refractivity contribution is -0.119. The highest BCUT2D eigenvalue weighted by Crippen LogP contribution is 2.18. The van der Waals surface area contributed by atoms with E-state index in [0.717, 1.165) is 0 Å². The average Bonchev–Trinajstić information content (AvgIpc) is 2.87. The molecule has 0 atom stereocenters. The van der Waals surface area contributed by atoms with E-state index in [4.69, 9.17) is 6.42 Å². The molecule has 0 bridgehead atoms. The molecule has 0 saturated heterocycles. The maximum Gasteiger partial charge on any atom is 0.263 e. The lowest BCUT2D eigenvalue weighted by Crippen LogP contribution is -2.31. The normalized spacial score (nSPS) is 11.2. The largest absolute Gasteiger partial charge is 0.347 e. The van der Waals surface area contributed by atoms with Gasteiger partial charge in [-0.2, -0.15) is 10.1 Å². The number of terminal acetylenes is 1. The predicted octanol–water partition coefficient (Wildman–Crippen LogP) is 0.0359. The standard InChI is InChI=1S/C14H18N6O2/c1-5-6-15-10(21)8-16-13-18-11-9(12(22)19-13)7-17-20(11)14(2,3)4/h1,7H,6,8H2,2-4H3,(H,15,21)(H2,16,18,19,22). The minimum Gasteiger partial charge on any atom is -0.347 e. The summed E-state index contributed by atoms with van der Waals surface area (Å²) in [5, 5.41) is 9.89. The van der Waals surface area contributed by atoms with Gasteiger partial charge in [-0.25, -0.2) is 4.68 Å². The molecule has 8 nitrogen and oxygen atoms in total. The van der Waals surface area contributed by atoms with E-state index in [1.165, 1.54) is 6.20 Å². The second kappa shape index (κ2) is 5.89. The van der Waals surface area contributed by atoms with Crippen molar-refractivity contribution in [1.29, 1.82) is 0 Å². The topological polar surface area (TPSA) is 105 Å². The number of rotatable bonds is 4. The van der Waals surface area contributed by atoms with Gasteiger partial charge < -0.3 is 10.6 Å². The van der Waals surface area contributed by atoms with Gasteiger partial charge in [-0.1, -0.05) is 5.92 Å². The summed E-state index contributed by atoms with van der Waals surface area (Å²) >= 11 is 0. The van der Waals surface area contributed by atoms with Crippen molar-refractivity contribution in [3.05, 3.63) is 16.6 Å². The Hall–Kier alpha value is -2.82. The lowest BCUT2D eigenvalue weighted by Gasteiger charge is -2.19. The van der Waals surface area contributed by atoms with Crippen molar-refractivity contribution in [1.82, 2.24) is 25.1 Å². The van der Waals surface area contributed by atoms with Gasteiger partial charge in [0.05, 0.1) is 24.8 Å². The number of H-pyrrole nitrogens is 1. The average molecular weight is 302 g/mol. The number of aromatic nitrogens is 4. The summed E-state index contributed by atoms with van der Waals surface area (Å²) in [5.41, 5.74) is -0.168. The Morgan fingerprint density at radius 1 is 1.50 bits per heavy atom. The van der Waals surface area contributed by atoms with E-state index in [1.54, 1.807) is 4.68 Å². The first-order valence-corrected chi connectivity index (χ1v) is 6.75. The van der Waals surface area contributed by atoms with Gasteiger partial charge in [0.1, 0.15) is 5.39 Å². The van der Waals surface area contributed by atoms with Crippen molar-refractivity contribution in [2.45, 2.75) is 26.3 Å². The third-order valence-corrected chi connectivity index (χ3v) is 2.88. The molecule has 0 unspecified atom stereocenters. The molecule has 0 saturated carbocycles. The maximum atomic E-state index is 12.0. The molecule has 0 aliphatic heterocycles. The molecule has 2 heterocycles. The number of aromatic amines is 1. The summed E-state index contributed by atoms with van der Waals surface area (Å²) in [5.74, 6) is 2.23. The van der Waals surface area contributed by atoms with E-state index in [0.29, 0.717) is 11.0 Å². The maximum absolute atomic E-state index is 12.0. The van der Waals surface area contributed by atoms with Crippen LogP contribution in [0, 0.1) is 12.3 Å². The van der Waals surface area contributed by atoms with E-state index >= 15 is 0 Å². The smallest absolute Gasteiger partial charge is 0.263 e. The van der Waals surface area contributed by atoms with Crippen molar-refractivity contribution in [3.63, 3.8) is 0 Å². The first-order valence-electron chi connectivity index (χ1n) is 6.75. The van der Waals surface area contributed by atoms with Crippen LogP contribution >= 0.6 is 0 Å². The fraction of sp³-hybridized carbons (Fsp3) is 0.429. The summed E-state index contributed by atoms with van der Waals surface area (Å²) in [6, 6.07) is 0. The fourth-order valence-corrected chi connectivity index (χ4v) is 1.87. The lowest BCUT2D eigenvalue weighted by atomic mass is 10.1. The summed E-state index contributed by atoms with van der Waals surface area (Å²) in [6.45, 7) is 5.99. The molecular weight excluding hydrogens is 284 g/mol. The molecule has 0 radical (unpaired) electrons. The van der Waals surface area contributed by atoms with Crippen LogP contribution in [-0.4, -0.2) is 38.7 Å². The highest BCUT2D eigenvalue weighted by Gasteiger charge is 2.19. The SMILES string of the molecule is C#CCNC(=O)CNc1nc2c(cnn2C(C)(C)C)c(=O)[nH]1. The highest BCUT2D eigenvalue weighted by molar-refractivity contribution is 5.81. The number of carbonyl (C=O) groups excluding carboxylic acids is 1. The van der Waals surface area contributed by atoms with Crippen LogP contribution in [0.15, 0.2) is 11.0 Å². The molecule has 22 heavy (non-hydrogen) atoms. The molecule has 0 aromatic carbocycles. The van der Waals surface area contributed by atoms with Crippen LogP contribution < -0.4 is 16.2 Å². The molecule has 0 aliphatic rings. The number of amides is 1. The van der Waals surface area contributed by atoms with Crippen molar-refractivity contribution < 1.29 is 4.79 Å². The second-order valence-electron chi connectivity index (χ2n) is 5.71. The molecule has 0 aliphatic carbocycles. The highest BCUT2D eigenvalue weighted by atomic mass is 16.2. The Morgan fingerprint density at radius 2 is 2.23 bits per heavy atom. The Labute approximate surface area is 127 Å². The molecule has 0 fully saturated rings. The van der Waals surface area contributed by atoms with Crippen LogP contribution in [0.3, 0.4) is 0 Å². The number of hydrogen-bond donors (Lipinski definition) is 3. The van der Waals surface area contributed by atoms with Crippen LogP contribution in [0.1, 0.15) is 20.8 Å². The number of nitrogens with zero attached hydrogens (tertiary/aromatic N) is 3. The van der Waals surface area contributed by atoms with Crippen LogP contribution in [0.2, 0.25) is 0 Å². The Kier molecular flexibility index (Phi) is 4.17. The van der Waals surface area contributed by atoms with Crippen LogP contribution in [-0.2, 0) is 10.3 Å². The van der Waals surface area contributed by atoms with Gasteiger partial charge in [0.2, 0.25) is 11.9 Å². The molecule has 0 spiro atoms. The zero-order valence-corrected chi connectivity index (χ0v) is 12.7. The van der Waals surface area contributed by atoms with Gasteiger partial charge in [-0.05, 0) is 20.8 Å². The minimum absolute atomic E-state index is 0.0419. The molecule has 2 aromatic rings. The van der Waals surface area contributed by atoms with Gasteiger partial charge >= 0.3 is 0 Å². The van der Waals surface area contributed by atoms with E-state index in [2.05, 4.69) is 31.6 Å². The monoisotopic (exact) mass is 302 g/mol. The summed E-state index contributed by atoms with van der Waals surface area (Å²) in [4.78, 5) is 30.4. The van der Waals surface area contributed by atoms with Gasteiger partial charge in [-0.3, -0.25) is 14.6 Å². The third kappa shape index (κ3) is 3.25. The van der Waals surface area contributed by atoms with Gasteiger partial charge in [0.25, 0.3) is 5.56 Å². The van der Waals surface area contributed by atoms with E-state index in [9.17, 15) is 9.59 Å². The molecule has 2 rings (SSSR count). The molecule has 8 heteroatoms. The first kappa shape index (κ1) is 15.6. The minimum atomic E-state index is -0.315. The fourth-order valence-electron chi connectivity index (χ4n) is 1.87. The summed E-state index contributed by atoms with van der Waals surface area (Å²) in [6.07, 6.45) is 6.54. The number of anilines is 1. The van der Waals surface area contributed by atoms with Crippen molar-refractivity contribution in [2.24, 2.45) is 0 Å². The van der Waals surface area contributed by atoms with Crippen molar-refractivity contribution in [2.75, 3.05) is 18.4 Å². The molecule has 3 N–H and O–H groups in total. The van der Waals surface area contributed by atoms with Gasteiger partial charge in [-0.15, -0.1) is 6.42 Å². The number of nitrogens with one attached hydrogen (secondary N) is 3. The van der Waals surface area contributed by atoms with Crippen LogP contribution in [0.4, 0.5) is 5.95 Å². The van der Waals surface area contributed by atoms with E-state index in [-0.39, 0.29) is 36.0 Å². The zero-order chi connectivity index (χ0) is 16.3. The Morgan fingerprint density at radius 3 is 2.86 bits per heavy atom. The van der Waals surface area contributed by atoms with E-state index < -0.39 is 0 Å². The molecule has 1 amide bonds. The van der Waals surface area contributed by atoms with Gasteiger partial charge in [0, 0.05) is 0 Å². The number of carbonyl (C=O) groups is 1. The Balaban J connectivity index is 2.27. The van der Waals surface area contributed by atoms with Crippen LogP contribution in [0.25, 0.3) is 11.0 Å².